The molecule has 0 radical (unpaired) electrons. The van der Waals surface area contributed by atoms with Crippen LogP contribution in [0.5, 0.6) is 5.75 Å². The van der Waals surface area contributed by atoms with E-state index in [-0.39, 0.29) is 5.56 Å². The highest BCUT2D eigenvalue weighted by molar-refractivity contribution is 5.99. The molecule has 24 heavy (non-hydrogen) atoms. The van der Waals surface area contributed by atoms with Crippen LogP contribution in [0.3, 0.4) is 0 Å². The van der Waals surface area contributed by atoms with E-state index < -0.39 is 0 Å². The molecule has 124 valence electrons. The number of benzene rings is 1. The SMILES string of the molecule is COc1ccc(-n2[nH]c(C)c(C(C)=NCc3ccco3)c2=O)cc1. The van der Waals surface area contributed by atoms with E-state index in [1.165, 1.54) is 4.68 Å². The van der Waals surface area contributed by atoms with E-state index in [1.807, 2.05) is 50.2 Å². The summed E-state index contributed by atoms with van der Waals surface area (Å²) in [6.07, 6.45) is 1.61. The molecule has 0 saturated carbocycles. The minimum Gasteiger partial charge on any atom is -0.497 e. The molecule has 0 fully saturated rings. The number of aromatic amines is 1. The Bertz CT molecular complexity index is 900. The molecule has 6 heteroatoms. The number of nitrogens with zero attached hydrogens (tertiary/aromatic N) is 2. The van der Waals surface area contributed by atoms with Gasteiger partial charge in [-0.1, -0.05) is 0 Å². The zero-order valence-corrected chi connectivity index (χ0v) is 13.9. The molecule has 0 aliphatic heterocycles. The first kappa shape index (κ1) is 15.9. The minimum absolute atomic E-state index is 0.127. The summed E-state index contributed by atoms with van der Waals surface area (Å²) in [7, 11) is 1.61. The second-order valence-corrected chi connectivity index (χ2v) is 5.43. The lowest BCUT2D eigenvalue weighted by atomic mass is 10.2. The van der Waals surface area contributed by atoms with Crippen LogP contribution < -0.4 is 10.3 Å². The first-order chi connectivity index (χ1) is 11.6. The van der Waals surface area contributed by atoms with Crippen LogP contribution >= 0.6 is 0 Å². The van der Waals surface area contributed by atoms with Crippen LogP contribution in [0, 0.1) is 6.92 Å². The van der Waals surface area contributed by atoms with E-state index in [4.69, 9.17) is 9.15 Å². The molecular formula is C18H19N3O3. The molecule has 6 nitrogen and oxygen atoms in total. The molecule has 0 spiro atoms. The lowest BCUT2D eigenvalue weighted by molar-refractivity contribution is 0.414. The van der Waals surface area contributed by atoms with E-state index in [0.29, 0.717) is 17.8 Å². The number of ether oxygens (including phenoxy) is 1. The second-order valence-electron chi connectivity index (χ2n) is 5.43. The summed E-state index contributed by atoms with van der Waals surface area (Å²) in [5, 5.41) is 3.10. The normalized spacial score (nSPS) is 11.7. The third kappa shape index (κ3) is 3.03. The van der Waals surface area contributed by atoms with Crippen molar-refractivity contribution in [3.8, 4) is 11.4 Å². The lowest BCUT2D eigenvalue weighted by Gasteiger charge is -2.03. The zero-order valence-electron chi connectivity index (χ0n) is 13.9. The monoisotopic (exact) mass is 325 g/mol. The topological polar surface area (TPSA) is 72.5 Å². The number of furan rings is 1. The van der Waals surface area contributed by atoms with Crippen molar-refractivity contribution in [1.82, 2.24) is 9.78 Å². The van der Waals surface area contributed by atoms with E-state index >= 15 is 0 Å². The average molecular weight is 325 g/mol. The van der Waals surface area contributed by atoms with E-state index in [2.05, 4.69) is 10.1 Å². The van der Waals surface area contributed by atoms with Crippen LogP contribution in [-0.4, -0.2) is 22.6 Å². The third-order valence-electron chi connectivity index (χ3n) is 3.82. The fourth-order valence-corrected chi connectivity index (χ4v) is 2.56. The van der Waals surface area contributed by atoms with Crippen LogP contribution in [0.15, 0.2) is 56.9 Å². The molecule has 2 heterocycles. The Morgan fingerprint density at radius 1 is 1.29 bits per heavy atom. The highest BCUT2D eigenvalue weighted by atomic mass is 16.5. The predicted octanol–water partition coefficient (Wildman–Crippen LogP) is 3.08. The average Bonchev–Trinajstić information content (AvgIpc) is 3.21. The van der Waals surface area contributed by atoms with Gasteiger partial charge < -0.3 is 9.15 Å². The molecule has 0 unspecified atom stereocenters. The predicted molar refractivity (Wildman–Crippen MR) is 92.3 cm³/mol. The molecule has 0 aliphatic carbocycles. The number of hydrogen-bond donors (Lipinski definition) is 1. The summed E-state index contributed by atoms with van der Waals surface area (Å²) in [6.45, 7) is 4.10. The number of aliphatic imine (C=N–C) groups is 1. The summed E-state index contributed by atoms with van der Waals surface area (Å²) in [6, 6.07) is 11.0. The standard InChI is InChI=1S/C18H19N3O3/c1-12(19-11-16-5-4-10-24-16)17-13(2)20-21(18(17)22)14-6-8-15(23-3)9-7-14/h4-10,20H,11H2,1-3H3. The number of aromatic nitrogens is 2. The molecule has 0 atom stereocenters. The van der Waals surface area contributed by atoms with Gasteiger partial charge in [-0.2, -0.15) is 0 Å². The van der Waals surface area contributed by atoms with Crippen LogP contribution in [0.4, 0.5) is 0 Å². The maximum absolute atomic E-state index is 12.7. The van der Waals surface area contributed by atoms with Gasteiger partial charge in [0.05, 0.1) is 31.2 Å². The maximum atomic E-state index is 12.7. The maximum Gasteiger partial charge on any atom is 0.280 e. The molecule has 0 bridgehead atoms. The molecule has 1 N–H and O–H groups in total. The Kier molecular flexibility index (Phi) is 4.37. The first-order valence-electron chi connectivity index (χ1n) is 7.60. The van der Waals surface area contributed by atoms with Gasteiger partial charge in [0.2, 0.25) is 0 Å². The molecule has 0 saturated heterocycles. The molecule has 3 aromatic rings. The minimum atomic E-state index is -0.127. The quantitative estimate of drug-likeness (QED) is 0.733. The summed E-state index contributed by atoms with van der Waals surface area (Å²) in [5.74, 6) is 1.50. The summed E-state index contributed by atoms with van der Waals surface area (Å²) >= 11 is 0. The van der Waals surface area contributed by atoms with E-state index in [1.54, 1.807) is 13.4 Å². The number of rotatable bonds is 5. The Balaban J connectivity index is 1.93. The number of methoxy groups -OCH3 is 1. The van der Waals surface area contributed by atoms with Crippen LogP contribution in [0.25, 0.3) is 5.69 Å². The fraction of sp³-hybridized carbons (Fsp3) is 0.222. The van der Waals surface area contributed by atoms with Gasteiger partial charge in [0.15, 0.2) is 0 Å². The van der Waals surface area contributed by atoms with Crippen molar-refractivity contribution in [2.75, 3.05) is 7.11 Å². The first-order valence-corrected chi connectivity index (χ1v) is 7.60. The van der Waals surface area contributed by atoms with Crippen LogP contribution in [-0.2, 0) is 6.54 Å². The number of aryl methyl sites for hydroxylation is 1. The summed E-state index contributed by atoms with van der Waals surface area (Å²) in [5.41, 5.74) is 2.65. The Morgan fingerprint density at radius 3 is 2.67 bits per heavy atom. The number of nitrogens with one attached hydrogen (secondary N) is 1. The highest BCUT2D eigenvalue weighted by Gasteiger charge is 2.15. The van der Waals surface area contributed by atoms with Crippen molar-refractivity contribution < 1.29 is 9.15 Å². The molecule has 0 aliphatic rings. The third-order valence-corrected chi connectivity index (χ3v) is 3.82. The van der Waals surface area contributed by atoms with Gasteiger partial charge in [-0.25, -0.2) is 4.68 Å². The van der Waals surface area contributed by atoms with Gasteiger partial charge in [-0.05, 0) is 50.2 Å². The van der Waals surface area contributed by atoms with Crippen molar-refractivity contribution in [3.05, 3.63) is 70.0 Å². The van der Waals surface area contributed by atoms with Gasteiger partial charge >= 0.3 is 0 Å². The largest absolute Gasteiger partial charge is 0.497 e. The fourth-order valence-electron chi connectivity index (χ4n) is 2.56. The Hall–Kier alpha value is -3.02. The smallest absolute Gasteiger partial charge is 0.280 e. The molecule has 0 amide bonds. The summed E-state index contributed by atoms with van der Waals surface area (Å²) in [4.78, 5) is 17.2. The van der Waals surface area contributed by atoms with Gasteiger partial charge in [-0.3, -0.25) is 14.9 Å². The highest BCUT2D eigenvalue weighted by Crippen LogP contribution is 2.14. The van der Waals surface area contributed by atoms with E-state index in [0.717, 1.165) is 22.9 Å². The molecule has 3 rings (SSSR count). The van der Waals surface area contributed by atoms with Crippen molar-refractivity contribution in [2.45, 2.75) is 20.4 Å². The lowest BCUT2D eigenvalue weighted by Crippen LogP contribution is -2.19. The van der Waals surface area contributed by atoms with Crippen LogP contribution in [0.2, 0.25) is 0 Å². The van der Waals surface area contributed by atoms with Crippen molar-refractivity contribution in [3.63, 3.8) is 0 Å². The van der Waals surface area contributed by atoms with Crippen molar-refractivity contribution in [2.24, 2.45) is 4.99 Å². The molecule has 2 aromatic heterocycles. The van der Waals surface area contributed by atoms with E-state index in [9.17, 15) is 4.79 Å². The second kappa shape index (κ2) is 6.62. The molecular weight excluding hydrogens is 306 g/mol. The molecule has 1 aromatic carbocycles. The van der Waals surface area contributed by atoms with Gasteiger partial charge in [0, 0.05) is 11.4 Å². The Labute approximate surface area is 139 Å². The van der Waals surface area contributed by atoms with Gasteiger partial charge in [0.25, 0.3) is 5.56 Å². The Morgan fingerprint density at radius 2 is 2.04 bits per heavy atom. The van der Waals surface area contributed by atoms with Gasteiger partial charge in [0.1, 0.15) is 11.5 Å². The number of H-pyrrole nitrogens is 1. The zero-order chi connectivity index (χ0) is 17.1. The van der Waals surface area contributed by atoms with Crippen molar-refractivity contribution >= 4 is 5.71 Å². The summed E-state index contributed by atoms with van der Waals surface area (Å²) < 4.78 is 11.9. The van der Waals surface area contributed by atoms with Crippen molar-refractivity contribution in [1.29, 1.82) is 0 Å². The van der Waals surface area contributed by atoms with Crippen LogP contribution in [0.1, 0.15) is 23.9 Å². The number of hydrogen-bond acceptors (Lipinski definition) is 4. The van der Waals surface area contributed by atoms with Gasteiger partial charge in [-0.15, -0.1) is 0 Å².